The summed E-state index contributed by atoms with van der Waals surface area (Å²) in [7, 11) is 0. The van der Waals surface area contributed by atoms with Gasteiger partial charge >= 0.3 is 0 Å². The largest absolute Gasteiger partial charge is 0.299 e. The van der Waals surface area contributed by atoms with E-state index in [1.807, 2.05) is 0 Å². The van der Waals surface area contributed by atoms with Gasteiger partial charge in [0.15, 0.2) is 5.78 Å². The molecule has 1 atom stereocenters. The number of halogens is 2. The molecule has 3 heterocycles. The Balaban J connectivity index is 1.88. The zero-order valence-corrected chi connectivity index (χ0v) is 11.5. The van der Waals surface area contributed by atoms with Gasteiger partial charge in [-0.3, -0.25) is 14.6 Å². The summed E-state index contributed by atoms with van der Waals surface area (Å²) in [5.74, 6) is -0.529. The number of hydrogen-bond donors (Lipinski definition) is 0. The first kappa shape index (κ1) is 12.3. The SMILES string of the molecule is O=C(c1cc(Br)ccc1F)C1CN2CCN1CC2. The highest BCUT2D eigenvalue weighted by Crippen LogP contribution is 2.22. The van der Waals surface area contributed by atoms with Crippen LogP contribution in [0, 0.1) is 5.82 Å². The van der Waals surface area contributed by atoms with Gasteiger partial charge in [-0.1, -0.05) is 15.9 Å². The number of fused-ring (bicyclic) bond motifs is 3. The topological polar surface area (TPSA) is 23.6 Å². The van der Waals surface area contributed by atoms with E-state index < -0.39 is 5.82 Å². The minimum absolute atomic E-state index is 0.0989. The number of nitrogens with zero attached hydrogens (tertiary/aromatic N) is 2. The van der Waals surface area contributed by atoms with Gasteiger partial charge in [-0.15, -0.1) is 0 Å². The van der Waals surface area contributed by atoms with Crippen molar-refractivity contribution in [3.05, 3.63) is 34.1 Å². The van der Waals surface area contributed by atoms with Crippen molar-refractivity contribution in [2.24, 2.45) is 0 Å². The Bertz CT molecular complexity index is 486. The second kappa shape index (κ2) is 4.72. The molecule has 3 fully saturated rings. The van der Waals surface area contributed by atoms with Gasteiger partial charge in [-0.05, 0) is 18.2 Å². The van der Waals surface area contributed by atoms with Crippen LogP contribution in [0.4, 0.5) is 4.39 Å². The summed E-state index contributed by atoms with van der Waals surface area (Å²) < 4.78 is 14.5. The van der Waals surface area contributed by atoms with Gasteiger partial charge in [0.05, 0.1) is 11.6 Å². The first-order valence-corrected chi connectivity index (χ1v) is 6.90. The molecule has 1 aromatic rings. The average molecular weight is 313 g/mol. The fourth-order valence-corrected chi connectivity index (χ4v) is 3.09. The highest BCUT2D eigenvalue weighted by atomic mass is 79.9. The molecular weight excluding hydrogens is 299 g/mol. The van der Waals surface area contributed by atoms with Crippen molar-refractivity contribution < 1.29 is 9.18 Å². The highest BCUT2D eigenvalue weighted by molar-refractivity contribution is 9.10. The number of carbonyl (C=O) groups excluding carboxylic acids is 1. The van der Waals surface area contributed by atoms with Crippen molar-refractivity contribution in [2.75, 3.05) is 32.7 Å². The molecule has 0 saturated carbocycles. The van der Waals surface area contributed by atoms with Gasteiger partial charge in [0.25, 0.3) is 0 Å². The Morgan fingerprint density at radius 2 is 2.00 bits per heavy atom. The van der Waals surface area contributed by atoms with Crippen LogP contribution in [-0.4, -0.2) is 54.3 Å². The van der Waals surface area contributed by atoms with E-state index in [0.29, 0.717) is 0 Å². The number of Topliss-reactive ketones (excluding diaryl/α,β-unsaturated/α-hetero) is 1. The predicted molar refractivity (Wildman–Crippen MR) is 70.2 cm³/mol. The minimum atomic E-state index is -0.430. The van der Waals surface area contributed by atoms with Crippen LogP contribution in [-0.2, 0) is 0 Å². The summed E-state index contributed by atoms with van der Waals surface area (Å²) in [4.78, 5) is 16.9. The maximum Gasteiger partial charge on any atom is 0.184 e. The summed E-state index contributed by atoms with van der Waals surface area (Å²) in [6.45, 7) is 4.58. The van der Waals surface area contributed by atoms with E-state index in [2.05, 4.69) is 25.7 Å². The van der Waals surface area contributed by atoms with E-state index in [-0.39, 0.29) is 17.4 Å². The van der Waals surface area contributed by atoms with Crippen molar-refractivity contribution >= 4 is 21.7 Å². The molecule has 0 aromatic heterocycles. The van der Waals surface area contributed by atoms with Crippen LogP contribution in [0.1, 0.15) is 10.4 Å². The third-order valence-electron chi connectivity index (χ3n) is 3.78. The summed E-state index contributed by atoms with van der Waals surface area (Å²) in [5.41, 5.74) is 0.197. The van der Waals surface area contributed by atoms with Gasteiger partial charge in [0.2, 0.25) is 0 Å². The lowest BCUT2D eigenvalue weighted by molar-refractivity contribution is 0.0157. The predicted octanol–water partition coefficient (Wildman–Crippen LogP) is 1.77. The Morgan fingerprint density at radius 1 is 1.28 bits per heavy atom. The zero-order chi connectivity index (χ0) is 12.7. The normalized spacial score (nSPS) is 30.4. The van der Waals surface area contributed by atoms with Gasteiger partial charge in [0.1, 0.15) is 5.82 Å². The lowest BCUT2D eigenvalue weighted by Crippen LogP contribution is -2.63. The maximum absolute atomic E-state index is 13.7. The summed E-state index contributed by atoms with van der Waals surface area (Å²) in [6.07, 6.45) is 0. The second-order valence-corrected chi connectivity index (χ2v) is 5.76. The molecule has 3 nitrogen and oxygen atoms in total. The van der Waals surface area contributed by atoms with E-state index in [1.165, 1.54) is 6.07 Å². The Labute approximate surface area is 114 Å². The van der Waals surface area contributed by atoms with Crippen LogP contribution in [0.25, 0.3) is 0 Å². The Hall–Kier alpha value is -0.780. The second-order valence-electron chi connectivity index (χ2n) is 4.84. The lowest BCUT2D eigenvalue weighted by Gasteiger charge is -2.46. The summed E-state index contributed by atoms with van der Waals surface area (Å²) in [5, 5.41) is 0. The quantitative estimate of drug-likeness (QED) is 0.778. The molecule has 0 spiro atoms. The molecule has 4 rings (SSSR count). The fraction of sp³-hybridized carbons (Fsp3) is 0.462. The third kappa shape index (κ3) is 2.11. The zero-order valence-electron chi connectivity index (χ0n) is 9.90. The van der Waals surface area contributed by atoms with Crippen molar-refractivity contribution in [3.63, 3.8) is 0 Å². The van der Waals surface area contributed by atoms with Gasteiger partial charge < -0.3 is 0 Å². The van der Waals surface area contributed by atoms with Gasteiger partial charge in [-0.25, -0.2) is 4.39 Å². The standard InChI is InChI=1S/C13H14BrFN2O/c14-9-1-2-11(15)10(7-9)13(18)12-8-16-3-5-17(12)6-4-16/h1-2,7,12H,3-6,8H2. The number of carbonyl (C=O) groups is 1. The minimum Gasteiger partial charge on any atom is -0.299 e. The molecule has 1 aromatic carbocycles. The molecule has 1 unspecified atom stereocenters. The van der Waals surface area contributed by atoms with Gasteiger partial charge in [-0.2, -0.15) is 0 Å². The molecular formula is C13H14BrFN2O. The molecule has 0 amide bonds. The first-order valence-electron chi connectivity index (χ1n) is 6.11. The van der Waals surface area contributed by atoms with Crippen LogP contribution in [0.15, 0.2) is 22.7 Å². The summed E-state index contributed by atoms with van der Waals surface area (Å²) in [6, 6.07) is 4.35. The Kier molecular flexibility index (Phi) is 3.21. The number of hydrogen-bond acceptors (Lipinski definition) is 3. The van der Waals surface area contributed by atoms with E-state index in [0.717, 1.165) is 37.2 Å². The van der Waals surface area contributed by atoms with Gasteiger partial charge in [0, 0.05) is 37.2 Å². The molecule has 2 bridgehead atoms. The molecule has 0 N–H and O–H groups in total. The first-order chi connectivity index (χ1) is 8.65. The van der Waals surface area contributed by atoms with Crippen LogP contribution in [0.5, 0.6) is 0 Å². The highest BCUT2D eigenvalue weighted by Gasteiger charge is 2.37. The fourth-order valence-electron chi connectivity index (χ4n) is 2.73. The van der Waals surface area contributed by atoms with E-state index >= 15 is 0 Å². The number of ketones is 1. The van der Waals surface area contributed by atoms with E-state index in [9.17, 15) is 9.18 Å². The molecule has 3 aliphatic rings. The van der Waals surface area contributed by atoms with Crippen molar-refractivity contribution in [3.8, 4) is 0 Å². The number of piperazine rings is 3. The molecule has 3 aliphatic heterocycles. The van der Waals surface area contributed by atoms with Crippen molar-refractivity contribution in [1.29, 1.82) is 0 Å². The van der Waals surface area contributed by atoms with Crippen molar-refractivity contribution in [1.82, 2.24) is 9.80 Å². The summed E-state index contributed by atoms with van der Waals surface area (Å²) >= 11 is 3.29. The van der Waals surface area contributed by atoms with E-state index in [1.54, 1.807) is 12.1 Å². The molecule has 5 heteroatoms. The average Bonchev–Trinajstić information content (AvgIpc) is 2.42. The molecule has 96 valence electrons. The van der Waals surface area contributed by atoms with Crippen LogP contribution >= 0.6 is 15.9 Å². The van der Waals surface area contributed by atoms with E-state index in [4.69, 9.17) is 0 Å². The Morgan fingerprint density at radius 3 is 2.61 bits per heavy atom. The number of benzene rings is 1. The number of rotatable bonds is 2. The van der Waals surface area contributed by atoms with Crippen LogP contribution in [0.2, 0.25) is 0 Å². The smallest absolute Gasteiger partial charge is 0.184 e. The molecule has 0 aliphatic carbocycles. The van der Waals surface area contributed by atoms with Crippen LogP contribution < -0.4 is 0 Å². The lowest BCUT2D eigenvalue weighted by atomic mass is 9.98. The van der Waals surface area contributed by atoms with Crippen LogP contribution in [0.3, 0.4) is 0 Å². The third-order valence-corrected chi connectivity index (χ3v) is 4.27. The molecule has 0 radical (unpaired) electrons. The molecule has 3 saturated heterocycles. The van der Waals surface area contributed by atoms with Crippen molar-refractivity contribution in [2.45, 2.75) is 6.04 Å². The molecule has 18 heavy (non-hydrogen) atoms. The monoisotopic (exact) mass is 312 g/mol. The maximum atomic E-state index is 13.7.